The van der Waals surface area contributed by atoms with Crippen molar-refractivity contribution in [1.29, 1.82) is 0 Å². The van der Waals surface area contributed by atoms with Crippen LogP contribution in [0.2, 0.25) is 0 Å². The number of benzene rings is 1. The van der Waals surface area contributed by atoms with E-state index in [2.05, 4.69) is 20.9 Å². The summed E-state index contributed by atoms with van der Waals surface area (Å²) in [4.78, 5) is 3.88. The van der Waals surface area contributed by atoms with E-state index in [0.29, 0.717) is 6.54 Å². The van der Waals surface area contributed by atoms with Crippen molar-refractivity contribution in [2.24, 2.45) is 16.5 Å². The third-order valence-corrected chi connectivity index (χ3v) is 2.35. The van der Waals surface area contributed by atoms with Crippen LogP contribution in [0.3, 0.4) is 0 Å². The first-order valence-corrected chi connectivity index (χ1v) is 5.35. The van der Waals surface area contributed by atoms with Gasteiger partial charge in [-0.2, -0.15) is 0 Å². The Morgan fingerprint density at radius 2 is 2.13 bits per heavy atom. The molecule has 0 radical (unpaired) electrons. The van der Waals surface area contributed by atoms with Gasteiger partial charge in [-0.05, 0) is 35.0 Å². The van der Waals surface area contributed by atoms with Crippen LogP contribution in [0.15, 0.2) is 33.7 Å². The Bertz CT molecular complexity index is 350. The van der Waals surface area contributed by atoms with Gasteiger partial charge in [0.1, 0.15) is 11.9 Å². The average Bonchev–Trinajstić information content (AvgIpc) is 2.18. The molecule has 4 N–H and O–H groups in total. The predicted molar refractivity (Wildman–Crippen MR) is 64.9 cm³/mol. The summed E-state index contributed by atoms with van der Waals surface area (Å²) in [6.07, 6.45) is -0.0641. The monoisotopic (exact) mass is 271 g/mol. The van der Waals surface area contributed by atoms with Gasteiger partial charge in [-0.25, -0.2) is 4.99 Å². The number of nitrogens with two attached hydrogens (primary N) is 2. The van der Waals surface area contributed by atoms with E-state index >= 15 is 0 Å². The van der Waals surface area contributed by atoms with Gasteiger partial charge in [-0.15, -0.1) is 0 Å². The van der Waals surface area contributed by atoms with Gasteiger partial charge in [0.05, 0.1) is 11.0 Å². The van der Waals surface area contributed by atoms with Gasteiger partial charge < -0.3 is 16.2 Å². The van der Waals surface area contributed by atoms with E-state index in [1.807, 2.05) is 31.2 Å². The second-order valence-corrected chi connectivity index (χ2v) is 3.98. The lowest BCUT2D eigenvalue weighted by Gasteiger charge is -2.13. The highest BCUT2D eigenvalue weighted by molar-refractivity contribution is 9.10. The minimum atomic E-state index is -0.0641. The summed E-state index contributed by atoms with van der Waals surface area (Å²) in [6, 6.07) is 7.64. The molecule has 1 atom stereocenters. The lowest BCUT2D eigenvalue weighted by molar-refractivity contribution is 0.229. The molecule has 0 saturated heterocycles. The number of rotatable bonds is 4. The number of halogens is 1. The first-order chi connectivity index (χ1) is 7.09. The van der Waals surface area contributed by atoms with Crippen molar-refractivity contribution in [3.05, 3.63) is 28.7 Å². The maximum atomic E-state index is 5.63. The van der Waals surface area contributed by atoms with Crippen LogP contribution in [-0.2, 0) is 0 Å². The predicted octanol–water partition coefficient (Wildman–Crippen LogP) is 1.49. The Morgan fingerprint density at radius 1 is 1.47 bits per heavy atom. The van der Waals surface area contributed by atoms with E-state index in [-0.39, 0.29) is 12.1 Å². The second-order valence-electron chi connectivity index (χ2n) is 3.12. The summed E-state index contributed by atoms with van der Waals surface area (Å²) in [6.45, 7) is 2.36. The molecule has 0 spiro atoms. The molecule has 1 aromatic carbocycles. The maximum absolute atomic E-state index is 5.63. The Labute approximate surface area is 97.4 Å². The van der Waals surface area contributed by atoms with E-state index < -0.39 is 0 Å². The highest BCUT2D eigenvalue weighted by Crippen LogP contribution is 2.24. The van der Waals surface area contributed by atoms with Gasteiger partial charge in [-0.1, -0.05) is 12.1 Å². The highest BCUT2D eigenvalue weighted by Gasteiger charge is 2.05. The van der Waals surface area contributed by atoms with Gasteiger partial charge in [0, 0.05) is 0 Å². The van der Waals surface area contributed by atoms with Gasteiger partial charge in [0.2, 0.25) is 0 Å². The topological polar surface area (TPSA) is 73.6 Å². The molecule has 1 aromatic rings. The fourth-order valence-corrected chi connectivity index (χ4v) is 1.41. The zero-order valence-corrected chi connectivity index (χ0v) is 10.1. The van der Waals surface area contributed by atoms with E-state index in [1.54, 1.807) is 0 Å². The zero-order valence-electron chi connectivity index (χ0n) is 8.48. The standard InChI is InChI=1S/C10H14BrN3O/c1-7(6-14-10(12)13)15-9-5-3-2-4-8(9)11/h2-5,7H,6H2,1H3,(H4,12,13,14). The molecule has 15 heavy (non-hydrogen) atoms. The summed E-state index contributed by atoms with van der Waals surface area (Å²) in [5.74, 6) is 0.869. The number of guanidine groups is 1. The average molecular weight is 272 g/mol. The molecular weight excluding hydrogens is 258 g/mol. The van der Waals surface area contributed by atoms with Crippen LogP contribution in [0.4, 0.5) is 0 Å². The SMILES string of the molecule is CC(CN=C(N)N)Oc1ccccc1Br. The van der Waals surface area contributed by atoms with Crippen molar-refractivity contribution in [1.82, 2.24) is 0 Å². The van der Waals surface area contributed by atoms with Crippen molar-refractivity contribution < 1.29 is 4.74 Å². The van der Waals surface area contributed by atoms with Gasteiger partial charge in [0.15, 0.2) is 5.96 Å². The van der Waals surface area contributed by atoms with Crippen LogP contribution in [-0.4, -0.2) is 18.6 Å². The number of hydrogen-bond donors (Lipinski definition) is 2. The fraction of sp³-hybridized carbons (Fsp3) is 0.300. The van der Waals surface area contributed by atoms with E-state index in [4.69, 9.17) is 16.2 Å². The van der Waals surface area contributed by atoms with E-state index in [0.717, 1.165) is 10.2 Å². The Morgan fingerprint density at radius 3 is 2.73 bits per heavy atom. The second kappa shape index (κ2) is 5.60. The van der Waals surface area contributed by atoms with Crippen molar-refractivity contribution in [3.63, 3.8) is 0 Å². The molecule has 5 heteroatoms. The first kappa shape index (κ1) is 11.8. The van der Waals surface area contributed by atoms with Gasteiger partial charge in [-0.3, -0.25) is 0 Å². The van der Waals surface area contributed by atoms with Crippen molar-refractivity contribution in [3.8, 4) is 5.75 Å². The van der Waals surface area contributed by atoms with Crippen LogP contribution in [0.5, 0.6) is 5.75 Å². The van der Waals surface area contributed by atoms with E-state index in [9.17, 15) is 0 Å². The lowest BCUT2D eigenvalue weighted by Crippen LogP contribution is -2.26. The quantitative estimate of drug-likeness (QED) is 0.644. The summed E-state index contributed by atoms with van der Waals surface area (Å²) >= 11 is 3.39. The summed E-state index contributed by atoms with van der Waals surface area (Å²) in [5, 5.41) is 0. The van der Waals surface area contributed by atoms with Gasteiger partial charge >= 0.3 is 0 Å². The molecule has 4 nitrogen and oxygen atoms in total. The number of para-hydroxylation sites is 1. The molecule has 0 aromatic heterocycles. The largest absolute Gasteiger partial charge is 0.488 e. The number of aliphatic imine (C=N–C) groups is 1. The lowest BCUT2D eigenvalue weighted by atomic mass is 10.3. The van der Waals surface area contributed by atoms with Crippen molar-refractivity contribution >= 4 is 21.9 Å². The highest BCUT2D eigenvalue weighted by atomic mass is 79.9. The number of nitrogens with zero attached hydrogens (tertiary/aromatic N) is 1. The molecule has 0 aliphatic rings. The van der Waals surface area contributed by atoms with Crippen LogP contribution in [0.25, 0.3) is 0 Å². The normalized spacial score (nSPS) is 11.9. The van der Waals surface area contributed by atoms with Crippen molar-refractivity contribution in [2.75, 3.05) is 6.54 Å². The minimum Gasteiger partial charge on any atom is -0.488 e. The Kier molecular flexibility index (Phi) is 4.42. The molecule has 0 aliphatic carbocycles. The molecule has 1 rings (SSSR count). The molecule has 0 heterocycles. The van der Waals surface area contributed by atoms with Crippen LogP contribution < -0.4 is 16.2 Å². The smallest absolute Gasteiger partial charge is 0.186 e. The third kappa shape index (κ3) is 4.20. The molecule has 0 amide bonds. The Balaban J connectivity index is 2.55. The molecule has 0 aliphatic heterocycles. The molecule has 82 valence electrons. The van der Waals surface area contributed by atoms with Gasteiger partial charge in [0.25, 0.3) is 0 Å². The number of ether oxygens (including phenoxy) is 1. The molecule has 0 saturated carbocycles. The van der Waals surface area contributed by atoms with Crippen LogP contribution >= 0.6 is 15.9 Å². The minimum absolute atomic E-state index is 0.0641. The summed E-state index contributed by atoms with van der Waals surface area (Å²) < 4.78 is 6.55. The summed E-state index contributed by atoms with van der Waals surface area (Å²) in [5.41, 5.74) is 10.5. The van der Waals surface area contributed by atoms with E-state index in [1.165, 1.54) is 0 Å². The number of hydrogen-bond acceptors (Lipinski definition) is 2. The molecule has 0 bridgehead atoms. The molecule has 0 fully saturated rings. The summed E-state index contributed by atoms with van der Waals surface area (Å²) in [7, 11) is 0. The van der Waals surface area contributed by atoms with Crippen molar-refractivity contribution in [2.45, 2.75) is 13.0 Å². The van der Waals surface area contributed by atoms with Crippen LogP contribution in [0.1, 0.15) is 6.92 Å². The maximum Gasteiger partial charge on any atom is 0.186 e. The molecular formula is C10H14BrN3O. The molecule has 1 unspecified atom stereocenters. The fourth-order valence-electron chi connectivity index (χ4n) is 1.03. The third-order valence-electron chi connectivity index (χ3n) is 1.70. The Hall–Kier alpha value is -1.23. The van der Waals surface area contributed by atoms with Crippen LogP contribution in [0, 0.1) is 0 Å². The zero-order chi connectivity index (χ0) is 11.3. The first-order valence-electron chi connectivity index (χ1n) is 4.56.